The maximum absolute atomic E-state index is 13.6. The maximum atomic E-state index is 13.6. The number of rotatable bonds is 5. The molecule has 3 heteroatoms. The Balaban J connectivity index is 2.09. The van der Waals surface area contributed by atoms with Crippen molar-refractivity contribution >= 4 is 5.69 Å². The summed E-state index contributed by atoms with van der Waals surface area (Å²) >= 11 is 0. The molecule has 0 aliphatic heterocycles. The van der Waals surface area contributed by atoms with E-state index in [1.807, 2.05) is 37.3 Å². The monoisotopic (exact) mass is 261 g/mol. The Morgan fingerprint density at radius 3 is 2.42 bits per heavy atom. The van der Waals surface area contributed by atoms with Gasteiger partial charge in [0.25, 0.3) is 0 Å². The number of benzene rings is 2. The first-order chi connectivity index (χ1) is 9.20. The third-order valence-electron chi connectivity index (χ3n) is 3.13. The van der Waals surface area contributed by atoms with Gasteiger partial charge in [0, 0.05) is 6.04 Å². The quantitative estimate of drug-likeness (QED) is 0.841. The first kappa shape index (κ1) is 13.5. The molecule has 0 saturated heterocycles. The molecule has 19 heavy (non-hydrogen) atoms. The third kappa shape index (κ3) is 3.53. The molecular formula is C16H17F2N. The van der Waals surface area contributed by atoms with Crippen LogP contribution in [0.1, 0.15) is 18.9 Å². The number of halogens is 2. The SMILES string of the molecule is CCC(Cc1ccccc1)Nc1cccc(F)c1F. The van der Waals surface area contributed by atoms with E-state index >= 15 is 0 Å². The zero-order valence-corrected chi connectivity index (χ0v) is 10.9. The van der Waals surface area contributed by atoms with Crippen LogP contribution in [0.3, 0.4) is 0 Å². The van der Waals surface area contributed by atoms with Crippen molar-refractivity contribution in [1.82, 2.24) is 0 Å². The van der Waals surface area contributed by atoms with Crippen LogP contribution in [-0.2, 0) is 6.42 Å². The molecule has 0 bridgehead atoms. The van der Waals surface area contributed by atoms with Crippen LogP contribution < -0.4 is 5.32 Å². The fraction of sp³-hybridized carbons (Fsp3) is 0.250. The van der Waals surface area contributed by atoms with Crippen molar-refractivity contribution in [1.29, 1.82) is 0 Å². The molecule has 0 aliphatic rings. The van der Waals surface area contributed by atoms with E-state index in [9.17, 15) is 8.78 Å². The average molecular weight is 261 g/mol. The highest BCUT2D eigenvalue weighted by molar-refractivity contribution is 5.46. The van der Waals surface area contributed by atoms with E-state index < -0.39 is 11.6 Å². The highest BCUT2D eigenvalue weighted by atomic mass is 19.2. The highest BCUT2D eigenvalue weighted by Crippen LogP contribution is 2.19. The minimum absolute atomic E-state index is 0.0821. The van der Waals surface area contributed by atoms with Crippen LogP contribution >= 0.6 is 0 Å². The van der Waals surface area contributed by atoms with E-state index in [1.54, 1.807) is 6.07 Å². The summed E-state index contributed by atoms with van der Waals surface area (Å²) in [7, 11) is 0. The number of nitrogens with one attached hydrogen (secondary N) is 1. The van der Waals surface area contributed by atoms with Crippen LogP contribution in [0.5, 0.6) is 0 Å². The van der Waals surface area contributed by atoms with Crippen molar-refractivity contribution in [3.8, 4) is 0 Å². The van der Waals surface area contributed by atoms with Crippen LogP contribution in [0.15, 0.2) is 48.5 Å². The van der Waals surface area contributed by atoms with Gasteiger partial charge in [-0.3, -0.25) is 0 Å². The molecule has 0 amide bonds. The van der Waals surface area contributed by atoms with E-state index in [0.29, 0.717) is 0 Å². The van der Waals surface area contributed by atoms with Crippen LogP contribution in [0.2, 0.25) is 0 Å². The molecule has 1 atom stereocenters. The van der Waals surface area contributed by atoms with Gasteiger partial charge in [0.1, 0.15) is 0 Å². The Morgan fingerprint density at radius 1 is 1.00 bits per heavy atom. The molecule has 1 unspecified atom stereocenters. The summed E-state index contributed by atoms with van der Waals surface area (Å²) in [6.07, 6.45) is 1.62. The van der Waals surface area contributed by atoms with Gasteiger partial charge in [0.2, 0.25) is 0 Å². The van der Waals surface area contributed by atoms with Gasteiger partial charge in [-0.2, -0.15) is 0 Å². The molecular weight excluding hydrogens is 244 g/mol. The topological polar surface area (TPSA) is 12.0 Å². The lowest BCUT2D eigenvalue weighted by Gasteiger charge is -2.19. The molecule has 2 rings (SSSR count). The zero-order chi connectivity index (χ0) is 13.7. The molecule has 0 saturated carbocycles. The summed E-state index contributed by atoms with van der Waals surface area (Å²) in [6.45, 7) is 2.03. The van der Waals surface area contributed by atoms with Crippen molar-refractivity contribution < 1.29 is 8.78 Å². The van der Waals surface area contributed by atoms with Gasteiger partial charge in [-0.1, -0.05) is 43.3 Å². The van der Waals surface area contributed by atoms with Crippen molar-refractivity contribution in [3.63, 3.8) is 0 Å². The Kier molecular flexibility index (Phi) is 4.50. The van der Waals surface area contributed by atoms with Gasteiger partial charge < -0.3 is 5.32 Å². The van der Waals surface area contributed by atoms with Gasteiger partial charge >= 0.3 is 0 Å². The average Bonchev–Trinajstić information content (AvgIpc) is 2.44. The Bertz CT molecular complexity index is 526. The summed E-state index contributed by atoms with van der Waals surface area (Å²) < 4.78 is 26.7. The Hall–Kier alpha value is -1.90. The molecule has 1 N–H and O–H groups in total. The molecule has 1 nitrogen and oxygen atoms in total. The predicted molar refractivity (Wildman–Crippen MR) is 74.2 cm³/mol. The van der Waals surface area contributed by atoms with Crippen LogP contribution in [-0.4, -0.2) is 6.04 Å². The van der Waals surface area contributed by atoms with E-state index in [1.165, 1.54) is 11.6 Å². The molecule has 2 aromatic carbocycles. The van der Waals surface area contributed by atoms with Gasteiger partial charge in [0.15, 0.2) is 11.6 Å². The largest absolute Gasteiger partial charge is 0.380 e. The van der Waals surface area contributed by atoms with Crippen molar-refractivity contribution in [2.24, 2.45) is 0 Å². The molecule has 0 radical (unpaired) electrons. The van der Waals surface area contributed by atoms with Gasteiger partial charge in [0.05, 0.1) is 5.69 Å². The lowest BCUT2D eigenvalue weighted by atomic mass is 10.0. The standard InChI is InChI=1S/C16H17F2N/c1-2-13(11-12-7-4-3-5-8-12)19-15-10-6-9-14(17)16(15)18/h3-10,13,19H,2,11H2,1H3. The van der Waals surface area contributed by atoms with E-state index in [2.05, 4.69) is 5.32 Å². The van der Waals surface area contributed by atoms with Crippen molar-refractivity contribution in [2.45, 2.75) is 25.8 Å². The molecule has 0 aromatic heterocycles. The second-order valence-electron chi connectivity index (χ2n) is 4.54. The Labute approximate surface area is 112 Å². The predicted octanol–water partition coefficient (Wildman–Crippen LogP) is 4.40. The normalized spacial score (nSPS) is 12.2. The van der Waals surface area contributed by atoms with Crippen molar-refractivity contribution in [3.05, 3.63) is 65.7 Å². The summed E-state index contributed by atoms with van der Waals surface area (Å²) in [4.78, 5) is 0. The molecule has 0 aliphatic carbocycles. The van der Waals surface area contributed by atoms with Gasteiger partial charge in [-0.25, -0.2) is 8.78 Å². The number of hydrogen-bond donors (Lipinski definition) is 1. The minimum Gasteiger partial charge on any atom is -0.380 e. The van der Waals surface area contributed by atoms with E-state index in [0.717, 1.165) is 18.9 Å². The lowest BCUT2D eigenvalue weighted by molar-refractivity contribution is 0.509. The van der Waals surface area contributed by atoms with E-state index in [4.69, 9.17) is 0 Å². The summed E-state index contributed by atoms with van der Waals surface area (Å²) in [6, 6.07) is 14.3. The van der Waals surface area contributed by atoms with E-state index in [-0.39, 0.29) is 11.7 Å². The first-order valence-corrected chi connectivity index (χ1v) is 6.45. The summed E-state index contributed by atoms with van der Waals surface area (Å²) in [5.74, 6) is -1.63. The third-order valence-corrected chi connectivity index (χ3v) is 3.13. The molecule has 0 fully saturated rings. The summed E-state index contributed by atoms with van der Waals surface area (Å²) in [5, 5.41) is 3.07. The number of anilines is 1. The lowest BCUT2D eigenvalue weighted by Crippen LogP contribution is -2.22. The second-order valence-corrected chi connectivity index (χ2v) is 4.54. The Morgan fingerprint density at radius 2 is 1.74 bits per heavy atom. The van der Waals surface area contributed by atoms with Crippen molar-refractivity contribution in [2.75, 3.05) is 5.32 Å². The fourth-order valence-electron chi connectivity index (χ4n) is 2.03. The molecule has 100 valence electrons. The fourth-order valence-corrected chi connectivity index (χ4v) is 2.03. The molecule has 0 spiro atoms. The minimum atomic E-state index is -0.820. The van der Waals surface area contributed by atoms with Crippen LogP contribution in [0, 0.1) is 11.6 Å². The van der Waals surface area contributed by atoms with Gasteiger partial charge in [-0.15, -0.1) is 0 Å². The summed E-state index contributed by atoms with van der Waals surface area (Å²) in [5.41, 5.74) is 1.40. The molecule has 0 heterocycles. The van der Waals surface area contributed by atoms with Crippen LogP contribution in [0.25, 0.3) is 0 Å². The highest BCUT2D eigenvalue weighted by Gasteiger charge is 2.12. The first-order valence-electron chi connectivity index (χ1n) is 6.45. The van der Waals surface area contributed by atoms with Gasteiger partial charge in [-0.05, 0) is 30.5 Å². The maximum Gasteiger partial charge on any atom is 0.181 e. The second kappa shape index (κ2) is 6.32. The smallest absolute Gasteiger partial charge is 0.181 e. The zero-order valence-electron chi connectivity index (χ0n) is 10.9. The van der Waals surface area contributed by atoms with Crippen LogP contribution in [0.4, 0.5) is 14.5 Å². The number of hydrogen-bond acceptors (Lipinski definition) is 1. The molecule has 2 aromatic rings.